The number of anilines is 2. The van der Waals surface area contributed by atoms with Crippen molar-refractivity contribution in [2.45, 2.75) is 47.0 Å². The molecule has 0 aliphatic rings. The van der Waals surface area contributed by atoms with Crippen LogP contribution in [0.4, 0.5) is 10.8 Å². The zero-order valence-corrected chi connectivity index (χ0v) is 22.0. The van der Waals surface area contributed by atoms with Gasteiger partial charge < -0.3 is 24.8 Å². The van der Waals surface area contributed by atoms with Gasteiger partial charge in [-0.2, -0.15) is 0 Å². The first-order chi connectivity index (χ1) is 17.5. The van der Waals surface area contributed by atoms with Gasteiger partial charge in [0.2, 0.25) is 11.7 Å². The molecule has 8 nitrogen and oxygen atoms in total. The Hall–Kier alpha value is -3.59. The van der Waals surface area contributed by atoms with Gasteiger partial charge in [0.25, 0.3) is 5.91 Å². The minimum atomic E-state index is -0.306. The second-order valence-corrected chi connectivity index (χ2v) is 8.68. The van der Waals surface area contributed by atoms with Gasteiger partial charge in [-0.1, -0.05) is 25.5 Å². The Morgan fingerprint density at radius 1 is 0.917 bits per heavy atom. The van der Waals surface area contributed by atoms with Gasteiger partial charge in [0.15, 0.2) is 16.6 Å². The van der Waals surface area contributed by atoms with Crippen LogP contribution >= 0.6 is 11.3 Å². The molecule has 0 fully saturated rings. The van der Waals surface area contributed by atoms with E-state index in [1.807, 2.05) is 57.3 Å². The summed E-state index contributed by atoms with van der Waals surface area (Å²) in [7, 11) is 0. The number of hydrogen-bond acceptors (Lipinski definition) is 7. The number of rotatable bonds is 13. The van der Waals surface area contributed by atoms with Gasteiger partial charge in [-0.3, -0.25) is 9.59 Å². The van der Waals surface area contributed by atoms with Crippen LogP contribution in [0.1, 0.15) is 57.3 Å². The highest BCUT2D eigenvalue weighted by molar-refractivity contribution is 7.14. The molecule has 2 aromatic carbocycles. The minimum Gasteiger partial charge on any atom is -0.490 e. The molecule has 2 amide bonds. The summed E-state index contributed by atoms with van der Waals surface area (Å²) < 4.78 is 17.2. The molecule has 0 saturated carbocycles. The topological polar surface area (TPSA) is 98.8 Å². The Bertz CT molecular complexity index is 1150. The van der Waals surface area contributed by atoms with E-state index in [0.29, 0.717) is 59.9 Å². The summed E-state index contributed by atoms with van der Waals surface area (Å²) in [5, 5.41) is 8.22. The van der Waals surface area contributed by atoms with Crippen molar-refractivity contribution in [3.8, 4) is 28.5 Å². The second kappa shape index (κ2) is 13.5. The molecular weight excluding hydrogens is 478 g/mol. The van der Waals surface area contributed by atoms with E-state index in [9.17, 15) is 9.59 Å². The van der Waals surface area contributed by atoms with Crippen molar-refractivity contribution in [1.82, 2.24) is 4.98 Å². The Kier molecular flexibility index (Phi) is 10.1. The highest BCUT2D eigenvalue weighted by atomic mass is 32.1. The van der Waals surface area contributed by atoms with Gasteiger partial charge in [-0.15, -0.1) is 11.3 Å². The Morgan fingerprint density at radius 3 is 2.25 bits per heavy atom. The molecule has 0 unspecified atom stereocenters. The van der Waals surface area contributed by atoms with Crippen molar-refractivity contribution < 1.29 is 23.8 Å². The number of nitrogens with one attached hydrogen (secondary N) is 2. The number of amides is 2. The van der Waals surface area contributed by atoms with E-state index in [4.69, 9.17) is 14.2 Å². The molecule has 0 spiro atoms. The minimum absolute atomic E-state index is 0.0352. The third kappa shape index (κ3) is 7.21. The average molecular weight is 512 g/mol. The van der Waals surface area contributed by atoms with Crippen LogP contribution in [0.2, 0.25) is 0 Å². The van der Waals surface area contributed by atoms with E-state index in [-0.39, 0.29) is 11.8 Å². The number of carbonyl (C=O) groups is 2. The third-order valence-electron chi connectivity index (χ3n) is 5.10. The van der Waals surface area contributed by atoms with Gasteiger partial charge in [-0.05, 0) is 51.5 Å². The molecule has 0 aliphatic heterocycles. The van der Waals surface area contributed by atoms with E-state index < -0.39 is 0 Å². The Labute approximate surface area is 216 Å². The fourth-order valence-electron chi connectivity index (χ4n) is 3.46. The first kappa shape index (κ1) is 27.0. The number of benzene rings is 2. The third-order valence-corrected chi connectivity index (χ3v) is 5.85. The van der Waals surface area contributed by atoms with Gasteiger partial charge in [-0.25, -0.2) is 4.98 Å². The van der Waals surface area contributed by atoms with E-state index in [1.165, 1.54) is 11.3 Å². The molecule has 1 heterocycles. The summed E-state index contributed by atoms with van der Waals surface area (Å²) in [6, 6.07) is 10.7. The predicted octanol–water partition coefficient (Wildman–Crippen LogP) is 6.39. The Morgan fingerprint density at radius 2 is 1.61 bits per heavy atom. The van der Waals surface area contributed by atoms with Crippen LogP contribution in [0.25, 0.3) is 11.3 Å². The molecule has 0 bridgehead atoms. The molecule has 192 valence electrons. The lowest BCUT2D eigenvalue weighted by atomic mass is 10.1. The fourth-order valence-corrected chi connectivity index (χ4v) is 4.20. The van der Waals surface area contributed by atoms with Crippen LogP contribution in [-0.4, -0.2) is 36.6 Å². The van der Waals surface area contributed by atoms with Crippen molar-refractivity contribution >= 4 is 34.0 Å². The first-order valence-corrected chi connectivity index (χ1v) is 13.1. The maximum Gasteiger partial charge on any atom is 0.255 e. The van der Waals surface area contributed by atoms with Gasteiger partial charge in [0.1, 0.15) is 0 Å². The number of ether oxygens (including phenoxy) is 3. The number of aromatic nitrogens is 1. The molecule has 0 saturated heterocycles. The molecule has 3 rings (SSSR count). The standard InChI is InChI=1S/C27H33N3O5S/c1-5-9-13-24(31)30-27-29-21(17-36-27)18-11-10-12-20(14-18)28-26(32)19-15-22(33-6-2)25(35-8-4)23(16-19)34-7-3/h10-12,14-17H,5-9,13H2,1-4H3,(H,28,32)(H,29,30,31). The first-order valence-electron chi connectivity index (χ1n) is 12.2. The molecular formula is C27H33N3O5S. The maximum atomic E-state index is 13.1. The van der Waals surface area contributed by atoms with Crippen LogP contribution < -0.4 is 24.8 Å². The summed E-state index contributed by atoms with van der Waals surface area (Å²) >= 11 is 1.37. The monoisotopic (exact) mass is 511 g/mol. The summed E-state index contributed by atoms with van der Waals surface area (Å²) in [6.07, 6.45) is 2.29. The lowest BCUT2D eigenvalue weighted by Gasteiger charge is -2.17. The molecule has 2 N–H and O–H groups in total. The molecule has 3 aromatic rings. The number of thiazole rings is 1. The van der Waals surface area contributed by atoms with Crippen molar-refractivity contribution in [3.05, 3.63) is 47.3 Å². The lowest BCUT2D eigenvalue weighted by Crippen LogP contribution is -2.13. The molecule has 0 aliphatic carbocycles. The highest BCUT2D eigenvalue weighted by Crippen LogP contribution is 2.39. The number of carbonyl (C=O) groups excluding carboxylic acids is 2. The van der Waals surface area contributed by atoms with Gasteiger partial charge >= 0.3 is 0 Å². The Balaban J connectivity index is 1.79. The molecule has 9 heteroatoms. The van der Waals surface area contributed by atoms with Gasteiger partial charge in [0, 0.05) is 28.6 Å². The smallest absolute Gasteiger partial charge is 0.255 e. The summed E-state index contributed by atoms with van der Waals surface area (Å²) in [4.78, 5) is 29.7. The zero-order chi connectivity index (χ0) is 25.9. The molecule has 0 radical (unpaired) electrons. The van der Waals surface area contributed by atoms with Crippen molar-refractivity contribution in [2.24, 2.45) is 0 Å². The molecule has 1 aromatic heterocycles. The summed E-state index contributed by atoms with van der Waals surface area (Å²) in [6.45, 7) is 8.96. The summed E-state index contributed by atoms with van der Waals surface area (Å²) in [5.41, 5.74) is 2.56. The van der Waals surface area contributed by atoms with Crippen molar-refractivity contribution in [2.75, 3.05) is 30.5 Å². The number of unbranched alkanes of at least 4 members (excludes halogenated alkanes) is 1. The van der Waals surface area contributed by atoms with Crippen LogP contribution in [-0.2, 0) is 4.79 Å². The lowest BCUT2D eigenvalue weighted by molar-refractivity contribution is -0.116. The summed E-state index contributed by atoms with van der Waals surface area (Å²) in [5.74, 6) is 1.06. The predicted molar refractivity (Wildman–Crippen MR) is 144 cm³/mol. The maximum absolute atomic E-state index is 13.1. The van der Waals surface area contributed by atoms with Crippen molar-refractivity contribution in [1.29, 1.82) is 0 Å². The number of nitrogens with zero attached hydrogens (tertiary/aromatic N) is 1. The van der Waals surface area contributed by atoms with Crippen LogP contribution in [0, 0.1) is 0 Å². The number of hydrogen-bond donors (Lipinski definition) is 2. The molecule has 0 atom stereocenters. The van der Waals surface area contributed by atoms with Crippen LogP contribution in [0.3, 0.4) is 0 Å². The molecule has 36 heavy (non-hydrogen) atoms. The van der Waals surface area contributed by atoms with Crippen LogP contribution in [0.15, 0.2) is 41.8 Å². The van der Waals surface area contributed by atoms with E-state index in [0.717, 1.165) is 24.1 Å². The van der Waals surface area contributed by atoms with Gasteiger partial charge in [0.05, 0.1) is 25.5 Å². The fraction of sp³-hybridized carbons (Fsp3) is 0.370. The van der Waals surface area contributed by atoms with E-state index in [1.54, 1.807) is 12.1 Å². The van der Waals surface area contributed by atoms with Crippen LogP contribution in [0.5, 0.6) is 17.2 Å². The van der Waals surface area contributed by atoms with E-state index in [2.05, 4.69) is 15.6 Å². The quantitative estimate of drug-likeness (QED) is 0.276. The highest BCUT2D eigenvalue weighted by Gasteiger charge is 2.19. The zero-order valence-electron chi connectivity index (χ0n) is 21.2. The normalized spacial score (nSPS) is 10.6. The van der Waals surface area contributed by atoms with E-state index >= 15 is 0 Å². The average Bonchev–Trinajstić information content (AvgIpc) is 3.33. The largest absolute Gasteiger partial charge is 0.490 e. The van der Waals surface area contributed by atoms with Crippen molar-refractivity contribution in [3.63, 3.8) is 0 Å². The SMILES string of the molecule is CCCCC(=O)Nc1nc(-c2cccc(NC(=O)c3cc(OCC)c(OCC)c(OCC)c3)c2)cs1. The second-order valence-electron chi connectivity index (χ2n) is 7.83.